The van der Waals surface area contributed by atoms with Gasteiger partial charge in [0.05, 0.1) is 13.0 Å². The highest BCUT2D eigenvalue weighted by Crippen LogP contribution is 2.18. The van der Waals surface area contributed by atoms with Crippen molar-refractivity contribution in [2.45, 2.75) is 19.3 Å². The van der Waals surface area contributed by atoms with Gasteiger partial charge in [-0.25, -0.2) is 4.79 Å². The number of amides is 2. The first kappa shape index (κ1) is 16.1. The van der Waals surface area contributed by atoms with E-state index < -0.39 is 5.97 Å². The minimum Gasteiger partial charge on any atom is -0.496 e. The molecule has 1 heterocycles. The number of methoxy groups -OCH3 is 1. The summed E-state index contributed by atoms with van der Waals surface area (Å²) in [6, 6.07) is 7.60. The van der Waals surface area contributed by atoms with Crippen molar-refractivity contribution >= 4 is 12.0 Å². The van der Waals surface area contributed by atoms with E-state index in [9.17, 15) is 9.59 Å². The number of hydrogen-bond acceptors (Lipinski definition) is 3. The van der Waals surface area contributed by atoms with Gasteiger partial charge < -0.3 is 20.1 Å². The summed E-state index contributed by atoms with van der Waals surface area (Å²) in [4.78, 5) is 24.6. The van der Waals surface area contributed by atoms with Crippen LogP contribution in [0.5, 0.6) is 5.75 Å². The summed E-state index contributed by atoms with van der Waals surface area (Å²) in [6.45, 7) is 1.52. The molecule has 1 aromatic rings. The fourth-order valence-corrected chi connectivity index (χ4v) is 2.65. The number of carbonyl (C=O) groups is 2. The number of nitrogens with one attached hydrogen (secondary N) is 1. The Morgan fingerprint density at radius 1 is 1.32 bits per heavy atom. The number of carboxylic acid groups (broad SMARTS) is 1. The highest BCUT2D eigenvalue weighted by atomic mass is 16.5. The largest absolute Gasteiger partial charge is 0.496 e. The van der Waals surface area contributed by atoms with E-state index in [0.29, 0.717) is 38.9 Å². The SMILES string of the molecule is COc1ccccc1CCNC(=O)N1CCC(C(=O)O)CC1. The molecule has 0 aliphatic carbocycles. The van der Waals surface area contributed by atoms with Crippen LogP contribution in [0, 0.1) is 5.92 Å². The Labute approximate surface area is 130 Å². The molecule has 1 fully saturated rings. The molecule has 0 saturated carbocycles. The second-order valence-corrected chi connectivity index (χ2v) is 5.39. The van der Waals surface area contributed by atoms with Crippen LogP contribution in [0.1, 0.15) is 18.4 Å². The monoisotopic (exact) mass is 306 g/mol. The summed E-state index contributed by atoms with van der Waals surface area (Å²) >= 11 is 0. The Balaban J connectivity index is 1.75. The molecule has 0 unspecified atom stereocenters. The second-order valence-electron chi connectivity index (χ2n) is 5.39. The van der Waals surface area contributed by atoms with Gasteiger partial charge in [0, 0.05) is 19.6 Å². The zero-order valence-corrected chi connectivity index (χ0v) is 12.7. The van der Waals surface area contributed by atoms with Gasteiger partial charge in [0.25, 0.3) is 0 Å². The molecule has 0 spiro atoms. The lowest BCUT2D eigenvalue weighted by Crippen LogP contribution is -2.45. The van der Waals surface area contributed by atoms with Gasteiger partial charge >= 0.3 is 12.0 Å². The molecule has 2 amide bonds. The lowest BCUT2D eigenvalue weighted by Gasteiger charge is -2.30. The highest BCUT2D eigenvalue weighted by Gasteiger charge is 2.26. The maximum Gasteiger partial charge on any atom is 0.317 e. The van der Waals surface area contributed by atoms with E-state index in [0.717, 1.165) is 11.3 Å². The Morgan fingerprint density at radius 2 is 2.00 bits per heavy atom. The van der Waals surface area contributed by atoms with Crippen molar-refractivity contribution in [3.63, 3.8) is 0 Å². The minimum absolute atomic E-state index is 0.126. The van der Waals surface area contributed by atoms with Crippen LogP contribution >= 0.6 is 0 Å². The lowest BCUT2D eigenvalue weighted by molar-refractivity contribution is -0.143. The molecule has 1 aliphatic rings. The quantitative estimate of drug-likeness (QED) is 0.868. The number of piperidine rings is 1. The molecule has 0 bridgehead atoms. The zero-order chi connectivity index (χ0) is 15.9. The van der Waals surface area contributed by atoms with E-state index in [1.807, 2.05) is 24.3 Å². The van der Waals surface area contributed by atoms with Crippen LogP contribution in [0.2, 0.25) is 0 Å². The molecule has 0 atom stereocenters. The van der Waals surface area contributed by atoms with Crippen molar-refractivity contribution in [3.05, 3.63) is 29.8 Å². The summed E-state index contributed by atoms with van der Waals surface area (Å²) in [7, 11) is 1.63. The van der Waals surface area contributed by atoms with E-state index in [2.05, 4.69) is 5.32 Å². The number of hydrogen-bond donors (Lipinski definition) is 2. The number of nitrogens with zero attached hydrogens (tertiary/aromatic N) is 1. The molecule has 2 rings (SSSR count). The van der Waals surface area contributed by atoms with E-state index >= 15 is 0 Å². The molecule has 0 radical (unpaired) electrons. The number of carbonyl (C=O) groups excluding carboxylic acids is 1. The zero-order valence-electron chi connectivity index (χ0n) is 12.7. The van der Waals surface area contributed by atoms with Crippen LogP contribution < -0.4 is 10.1 Å². The van der Waals surface area contributed by atoms with Gasteiger partial charge in [-0.2, -0.15) is 0 Å². The third-order valence-electron chi connectivity index (χ3n) is 3.99. The van der Waals surface area contributed by atoms with E-state index in [-0.39, 0.29) is 11.9 Å². The Morgan fingerprint density at radius 3 is 2.64 bits per heavy atom. The van der Waals surface area contributed by atoms with Gasteiger partial charge in [-0.3, -0.25) is 4.79 Å². The lowest BCUT2D eigenvalue weighted by atomic mass is 9.97. The third-order valence-corrected chi connectivity index (χ3v) is 3.99. The van der Waals surface area contributed by atoms with Crippen LogP contribution in [0.15, 0.2) is 24.3 Å². The summed E-state index contributed by atoms with van der Waals surface area (Å²) in [5.74, 6) is -0.270. The Kier molecular flexibility index (Phi) is 5.63. The van der Waals surface area contributed by atoms with Crippen molar-refractivity contribution in [3.8, 4) is 5.75 Å². The van der Waals surface area contributed by atoms with Gasteiger partial charge in [0.1, 0.15) is 5.75 Å². The standard InChI is InChI=1S/C16H22N2O4/c1-22-14-5-3-2-4-12(14)6-9-17-16(21)18-10-7-13(8-11-18)15(19)20/h2-5,13H,6-11H2,1H3,(H,17,21)(H,19,20). The summed E-state index contributed by atoms with van der Waals surface area (Å²) in [5.41, 5.74) is 1.05. The number of para-hydroxylation sites is 1. The summed E-state index contributed by atoms with van der Waals surface area (Å²) in [6.07, 6.45) is 1.74. The summed E-state index contributed by atoms with van der Waals surface area (Å²) in [5, 5.41) is 11.8. The summed E-state index contributed by atoms with van der Waals surface area (Å²) < 4.78 is 5.27. The number of rotatable bonds is 5. The second kappa shape index (κ2) is 7.68. The first-order chi connectivity index (χ1) is 10.6. The molecule has 120 valence electrons. The number of urea groups is 1. The van der Waals surface area contributed by atoms with Crippen molar-refractivity contribution in [1.29, 1.82) is 0 Å². The maximum absolute atomic E-state index is 12.1. The van der Waals surface area contributed by atoms with Gasteiger partial charge in [0.2, 0.25) is 0 Å². The maximum atomic E-state index is 12.1. The molecule has 0 aromatic heterocycles. The van der Waals surface area contributed by atoms with E-state index in [1.165, 1.54) is 0 Å². The van der Waals surface area contributed by atoms with Gasteiger partial charge in [-0.05, 0) is 30.9 Å². The van der Waals surface area contributed by atoms with Gasteiger partial charge in [-0.1, -0.05) is 18.2 Å². The first-order valence-corrected chi connectivity index (χ1v) is 7.49. The topological polar surface area (TPSA) is 78.9 Å². The van der Waals surface area contributed by atoms with Crippen LogP contribution in [0.4, 0.5) is 4.79 Å². The third kappa shape index (κ3) is 4.13. The average Bonchev–Trinajstić information content (AvgIpc) is 2.55. The molecule has 2 N–H and O–H groups in total. The van der Waals surface area contributed by atoms with Gasteiger partial charge in [0.15, 0.2) is 0 Å². The Bertz CT molecular complexity index is 525. The van der Waals surface area contributed by atoms with E-state index in [4.69, 9.17) is 9.84 Å². The number of ether oxygens (including phenoxy) is 1. The van der Waals surface area contributed by atoms with Crippen molar-refractivity contribution in [1.82, 2.24) is 10.2 Å². The van der Waals surface area contributed by atoms with Crippen LogP contribution in [-0.4, -0.2) is 48.8 Å². The van der Waals surface area contributed by atoms with Crippen molar-refractivity contribution in [2.24, 2.45) is 5.92 Å². The fraction of sp³-hybridized carbons (Fsp3) is 0.500. The normalized spacial score (nSPS) is 15.4. The number of likely N-dealkylation sites (tertiary alicyclic amines) is 1. The van der Waals surface area contributed by atoms with Crippen LogP contribution in [-0.2, 0) is 11.2 Å². The smallest absolute Gasteiger partial charge is 0.317 e. The molecular formula is C16H22N2O4. The Hall–Kier alpha value is -2.24. The van der Waals surface area contributed by atoms with Crippen molar-refractivity contribution in [2.75, 3.05) is 26.7 Å². The molecule has 22 heavy (non-hydrogen) atoms. The molecule has 6 heteroatoms. The predicted molar refractivity (Wildman–Crippen MR) is 82.0 cm³/mol. The predicted octanol–water partition coefficient (Wildman–Crippen LogP) is 1.74. The van der Waals surface area contributed by atoms with E-state index in [1.54, 1.807) is 12.0 Å². The molecule has 6 nitrogen and oxygen atoms in total. The number of aliphatic carboxylic acids is 1. The van der Waals surface area contributed by atoms with Crippen molar-refractivity contribution < 1.29 is 19.4 Å². The van der Waals surface area contributed by atoms with Crippen LogP contribution in [0.3, 0.4) is 0 Å². The molecule has 1 saturated heterocycles. The fourth-order valence-electron chi connectivity index (χ4n) is 2.65. The number of carboxylic acids is 1. The molecule has 1 aliphatic heterocycles. The van der Waals surface area contributed by atoms with Gasteiger partial charge in [-0.15, -0.1) is 0 Å². The first-order valence-electron chi connectivity index (χ1n) is 7.49. The average molecular weight is 306 g/mol. The molecule has 1 aromatic carbocycles. The number of benzene rings is 1. The highest BCUT2D eigenvalue weighted by molar-refractivity contribution is 5.75. The molecular weight excluding hydrogens is 284 g/mol. The minimum atomic E-state index is -0.767. The van der Waals surface area contributed by atoms with Crippen LogP contribution in [0.25, 0.3) is 0 Å².